The molecule has 0 unspecified atom stereocenters. The smallest absolute Gasteiger partial charge is 0.127 e. The van der Waals surface area contributed by atoms with E-state index in [0.717, 1.165) is 30.3 Å². The summed E-state index contributed by atoms with van der Waals surface area (Å²) < 4.78 is 2.10. The van der Waals surface area contributed by atoms with Crippen LogP contribution >= 0.6 is 0 Å². The standard InChI is InChI=1S/C16H29N3/c1-6-8-9-10-11-13-14(17)19(12-7-2)15(18-13)16(3,4)5/h7H,2,6,8-12,17H2,1,3-5H3. The highest BCUT2D eigenvalue weighted by atomic mass is 15.1. The summed E-state index contributed by atoms with van der Waals surface area (Å²) in [5.41, 5.74) is 7.33. The van der Waals surface area contributed by atoms with Crippen LogP contribution in [0.2, 0.25) is 0 Å². The number of hydrogen-bond donors (Lipinski definition) is 1. The van der Waals surface area contributed by atoms with Gasteiger partial charge >= 0.3 is 0 Å². The molecule has 0 bridgehead atoms. The Bertz CT molecular complexity index is 410. The molecule has 3 nitrogen and oxygen atoms in total. The molecular formula is C16H29N3. The number of anilines is 1. The number of nitrogens with two attached hydrogens (primary N) is 1. The highest BCUT2D eigenvalue weighted by molar-refractivity contribution is 5.40. The topological polar surface area (TPSA) is 43.8 Å². The second kappa shape index (κ2) is 6.78. The molecule has 19 heavy (non-hydrogen) atoms. The first-order valence-corrected chi connectivity index (χ1v) is 7.38. The molecule has 0 atom stereocenters. The van der Waals surface area contributed by atoms with Crippen molar-refractivity contribution in [2.24, 2.45) is 0 Å². The van der Waals surface area contributed by atoms with Gasteiger partial charge in [0.2, 0.25) is 0 Å². The lowest BCUT2D eigenvalue weighted by atomic mass is 9.95. The minimum Gasteiger partial charge on any atom is -0.384 e. The third kappa shape index (κ3) is 4.12. The lowest BCUT2D eigenvalue weighted by molar-refractivity contribution is 0.514. The molecule has 0 aliphatic heterocycles. The van der Waals surface area contributed by atoms with E-state index in [1.165, 1.54) is 25.7 Å². The number of allylic oxidation sites excluding steroid dienone is 1. The highest BCUT2D eigenvalue weighted by Gasteiger charge is 2.24. The highest BCUT2D eigenvalue weighted by Crippen LogP contribution is 2.27. The van der Waals surface area contributed by atoms with E-state index in [2.05, 4.69) is 38.8 Å². The molecule has 0 aliphatic carbocycles. The molecule has 2 N–H and O–H groups in total. The molecule has 0 aromatic carbocycles. The van der Waals surface area contributed by atoms with Gasteiger partial charge in [0.15, 0.2) is 0 Å². The summed E-state index contributed by atoms with van der Waals surface area (Å²) in [6, 6.07) is 0. The number of imidazole rings is 1. The van der Waals surface area contributed by atoms with Crippen molar-refractivity contribution in [2.75, 3.05) is 5.73 Å². The van der Waals surface area contributed by atoms with Crippen LogP contribution in [-0.4, -0.2) is 9.55 Å². The SMILES string of the molecule is C=CCn1c(C(C)(C)C)nc(CCCCCC)c1N. The maximum absolute atomic E-state index is 6.25. The van der Waals surface area contributed by atoms with Crippen molar-refractivity contribution >= 4 is 5.82 Å². The van der Waals surface area contributed by atoms with Crippen LogP contribution in [0.3, 0.4) is 0 Å². The number of rotatable bonds is 7. The number of aromatic nitrogens is 2. The first-order chi connectivity index (χ1) is 8.91. The number of hydrogen-bond acceptors (Lipinski definition) is 2. The van der Waals surface area contributed by atoms with E-state index in [4.69, 9.17) is 10.7 Å². The normalized spacial score (nSPS) is 11.8. The van der Waals surface area contributed by atoms with Crippen molar-refractivity contribution in [3.63, 3.8) is 0 Å². The van der Waals surface area contributed by atoms with Gasteiger partial charge in [-0.3, -0.25) is 0 Å². The van der Waals surface area contributed by atoms with Gasteiger partial charge in [-0.15, -0.1) is 6.58 Å². The second-order valence-corrected chi connectivity index (χ2v) is 6.23. The quantitative estimate of drug-likeness (QED) is 0.595. The van der Waals surface area contributed by atoms with Crippen molar-refractivity contribution in [3.05, 3.63) is 24.2 Å². The van der Waals surface area contributed by atoms with Gasteiger partial charge in [0.1, 0.15) is 11.6 Å². The molecule has 3 heteroatoms. The number of nitrogen functional groups attached to an aromatic ring is 1. The molecule has 0 amide bonds. The first-order valence-electron chi connectivity index (χ1n) is 7.38. The molecule has 0 saturated heterocycles. The number of unbranched alkanes of at least 4 members (excludes halogenated alkanes) is 3. The average molecular weight is 263 g/mol. The summed E-state index contributed by atoms with van der Waals surface area (Å²) in [4.78, 5) is 4.79. The maximum atomic E-state index is 6.25. The molecule has 108 valence electrons. The minimum atomic E-state index is 0.0127. The molecule has 1 heterocycles. The van der Waals surface area contributed by atoms with E-state index in [1.54, 1.807) is 0 Å². The zero-order valence-corrected chi connectivity index (χ0v) is 13.0. The summed E-state index contributed by atoms with van der Waals surface area (Å²) in [6.45, 7) is 13.3. The Kier molecular flexibility index (Phi) is 5.64. The fourth-order valence-electron chi connectivity index (χ4n) is 2.31. The number of nitrogens with zero attached hydrogens (tertiary/aromatic N) is 2. The Labute approximate surface area is 117 Å². The Balaban J connectivity index is 2.91. The van der Waals surface area contributed by atoms with Gasteiger partial charge in [0.05, 0.1) is 5.69 Å². The molecule has 0 spiro atoms. The van der Waals surface area contributed by atoms with Crippen molar-refractivity contribution < 1.29 is 0 Å². The molecule has 0 saturated carbocycles. The summed E-state index contributed by atoms with van der Waals surface area (Å²) in [5, 5.41) is 0. The van der Waals surface area contributed by atoms with Crippen LogP contribution in [0, 0.1) is 0 Å². The van der Waals surface area contributed by atoms with Crippen LogP contribution in [-0.2, 0) is 18.4 Å². The molecule has 0 fully saturated rings. The van der Waals surface area contributed by atoms with Gasteiger partial charge in [-0.1, -0.05) is 53.0 Å². The summed E-state index contributed by atoms with van der Waals surface area (Å²) in [5.74, 6) is 1.89. The summed E-state index contributed by atoms with van der Waals surface area (Å²) >= 11 is 0. The fourth-order valence-corrected chi connectivity index (χ4v) is 2.31. The van der Waals surface area contributed by atoms with Crippen LogP contribution in [0.1, 0.15) is 64.9 Å². The van der Waals surface area contributed by atoms with Crippen molar-refractivity contribution in [1.29, 1.82) is 0 Å². The molecule has 0 radical (unpaired) electrons. The van der Waals surface area contributed by atoms with E-state index >= 15 is 0 Å². The third-order valence-electron chi connectivity index (χ3n) is 3.33. The summed E-state index contributed by atoms with van der Waals surface area (Å²) in [7, 11) is 0. The predicted octanol–water partition coefficient (Wildman–Crippen LogP) is 4.07. The zero-order chi connectivity index (χ0) is 14.5. The zero-order valence-electron chi connectivity index (χ0n) is 13.0. The van der Waals surface area contributed by atoms with Crippen molar-refractivity contribution in [1.82, 2.24) is 9.55 Å². The molecule has 1 rings (SSSR count). The van der Waals surface area contributed by atoms with Gasteiger partial charge in [0, 0.05) is 12.0 Å². The molecule has 0 aliphatic rings. The van der Waals surface area contributed by atoms with Crippen LogP contribution in [0.5, 0.6) is 0 Å². The van der Waals surface area contributed by atoms with E-state index in [9.17, 15) is 0 Å². The minimum absolute atomic E-state index is 0.0127. The molecule has 1 aromatic heterocycles. The van der Waals surface area contributed by atoms with Gasteiger partial charge < -0.3 is 10.3 Å². The van der Waals surface area contributed by atoms with Crippen LogP contribution in [0.4, 0.5) is 5.82 Å². The first kappa shape index (κ1) is 15.8. The largest absolute Gasteiger partial charge is 0.384 e. The Hall–Kier alpha value is -1.25. The molecular weight excluding hydrogens is 234 g/mol. The van der Waals surface area contributed by atoms with E-state index in [-0.39, 0.29) is 5.41 Å². The average Bonchev–Trinajstić information content (AvgIpc) is 2.64. The van der Waals surface area contributed by atoms with Gasteiger partial charge in [-0.25, -0.2) is 4.98 Å². The lowest BCUT2D eigenvalue weighted by Gasteiger charge is -2.19. The fraction of sp³-hybridized carbons (Fsp3) is 0.688. The van der Waals surface area contributed by atoms with Gasteiger partial charge in [-0.2, -0.15) is 0 Å². The van der Waals surface area contributed by atoms with Crippen molar-refractivity contribution in [3.8, 4) is 0 Å². The number of aryl methyl sites for hydroxylation is 1. The lowest BCUT2D eigenvalue weighted by Crippen LogP contribution is -2.19. The Morgan fingerprint density at radius 1 is 1.26 bits per heavy atom. The second-order valence-electron chi connectivity index (χ2n) is 6.23. The van der Waals surface area contributed by atoms with Crippen LogP contribution in [0.15, 0.2) is 12.7 Å². The van der Waals surface area contributed by atoms with Crippen LogP contribution in [0.25, 0.3) is 0 Å². The van der Waals surface area contributed by atoms with Gasteiger partial charge in [-0.05, 0) is 12.8 Å². The van der Waals surface area contributed by atoms with E-state index < -0.39 is 0 Å². The van der Waals surface area contributed by atoms with Crippen molar-refractivity contribution in [2.45, 2.75) is 71.8 Å². The van der Waals surface area contributed by atoms with Crippen LogP contribution < -0.4 is 5.73 Å². The monoisotopic (exact) mass is 263 g/mol. The Morgan fingerprint density at radius 3 is 2.47 bits per heavy atom. The predicted molar refractivity (Wildman–Crippen MR) is 83.4 cm³/mol. The van der Waals surface area contributed by atoms with Gasteiger partial charge in [0.25, 0.3) is 0 Å². The third-order valence-corrected chi connectivity index (χ3v) is 3.33. The van der Waals surface area contributed by atoms with E-state index in [1.807, 2.05) is 6.08 Å². The van der Waals surface area contributed by atoms with E-state index in [0.29, 0.717) is 0 Å². The summed E-state index contributed by atoms with van der Waals surface area (Å²) in [6.07, 6.45) is 7.85. The molecule has 1 aromatic rings. The maximum Gasteiger partial charge on any atom is 0.127 e. The Morgan fingerprint density at radius 2 is 1.95 bits per heavy atom.